The van der Waals surface area contributed by atoms with E-state index in [-0.39, 0.29) is 39.8 Å². The summed E-state index contributed by atoms with van der Waals surface area (Å²) in [6.45, 7) is 6.88. The zero-order chi connectivity index (χ0) is 32.5. The van der Waals surface area contributed by atoms with E-state index in [4.69, 9.17) is 4.74 Å². The van der Waals surface area contributed by atoms with E-state index in [0.717, 1.165) is 43.3 Å². The van der Waals surface area contributed by atoms with Crippen LogP contribution >= 0.6 is 0 Å². The molecule has 0 radical (unpaired) electrons. The summed E-state index contributed by atoms with van der Waals surface area (Å²) in [7, 11) is -2.32. The number of hydrogen-bond donors (Lipinski definition) is 1. The molecule has 240 valence electrons. The Balaban J connectivity index is 1.43. The van der Waals surface area contributed by atoms with Crippen molar-refractivity contribution in [3.8, 4) is 11.9 Å². The van der Waals surface area contributed by atoms with Gasteiger partial charge in [-0.15, -0.1) is 0 Å². The van der Waals surface area contributed by atoms with Gasteiger partial charge in [-0.3, -0.25) is 9.69 Å². The number of urea groups is 1. The topological polar surface area (TPSA) is 139 Å². The summed E-state index contributed by atoms with van der Waals surface area (Å²) in [6.07, 6.45) is 3.05. The number of nitrogens with one attached hydrogen (secondary N) is 1. The minimum Gasteiger partial charge on any atom is -0.478 e. The van der Waals surface area contributed by atoms with E-state index in [1.54, 1.807) is 42.2 Å². The van der Waals surface area contributed by atoms with E-state index in [1.165, 1.54) is 36.5 Å². The maximum Gasteiger partial charge on any atom is 0.318 e. The molecular formula is C33H37N7O5S. The molecule has 1 aromatic heterocycles. The quantitative estimate of drug-likeness (QED) is 0.412. The normalized spacial score (nSPS) is 21.1. The van der Waals surface area contributed by atoms with Crippen molar-refractivity contribution >= 4 is 27.6 Å². The average molecular weight is 644 g/mol. The number of hydrogen-bond acceptors (Lipinski definition) is 9. The monoisotopic (exact) mass is 643 g/mol. The number of benzene rings is 2. The molecule has 2 saturated heterocycles. The molecule has 6 rings (SSSR count). The van der Waals surface area contributed by atoms with Crippen molar-refractivity contribution in [2.24, 2.45) is 0 Å². The van der Waals surface area contributed by atoms with Crippen molar-refractivity contribution in [1.82, 2.24) is 25.0 Å². The molecule has 3 aliphatic rings. The summed E-state index contributed by atoms with van der Waals surface area (Å²) < 4.78 is 34.9. The van der Waals surface area contributed by atoms with Crippen molar-refractivity contribution in [3.63, 3.8) is 0 Å². The Labute approximate surface area is 269 Å². The molecule has 1 atom stereocenters. The van der Waals surface area contributed by atoms with Gasteiger partial charge >= 0.3 is 6.03 Å². The second kappa shape index (κ2) is 12.7. The first-order chi connectivity index (χ1) is 22.2. The molecule has 1 N–H and O–H groups in total. The summed E-state index contributed by atoms with van der Waals surface area (Å²) in [5.74, 6) is -0.851. The first kappa shape index (κ1) is 31.5. The number of carbonyl (C=O) groups excluding carboxylic acids is 2. The van der Waals surface area contributed by atoms with Crippen LogP contribution in [-0.4, -0.2) is 99.0 Å². The van der Waals surface area contributed by atoms with Gasteiger partial charge in [0.15, 0.2) is 5.54 Å². The maximum atomic E-state index is 14.9. The van der Waals surface area contributed by atoms with Crippen LogP contribution < -0.4 is 14.4 Å². The molecule has 0 spiro atoms. The highest BCUT2D eigenvalue weighted by Gasteiger charge is 2.59. The summed E-state index contributed by atoms with van der Waals surface area (Å²) in [6, 6.07) is 17.1. The lowest BCUT2D eigenvalue weighted by molar-refractivity contribution is -0.121. The van der Waals surface area contributed by atoms with Crippen LogP contribution in [0.1, 0.15) is 36.5 Å². The average Bonchev–Trinajstić information content (AvgIpc) is 3.33. The van der Waals surface area contributed by atoms with Gasteiger partial charge < -0.3 is 19.9 Å². The van der Waals surface area contributed by atoms with Crippen LogP contribution in [0.2, 0.25) is 0 Å². The third-order valence-electron chi connectivity index (χ3n) is 9.09. The highest BCUT2D eigenvalue weighted by molar-refractivity contribution is 7.93. The molecule has 2 fully saturated rings. The van der Waals surface area contributed by atoms with Gasteiger partial charge in [0.05, 0.1) is 34.4 Å². The number of pyridine rings is 1. The number of carbonyl (C=O) groups is 2. The fraction of sp³-hybridized carbons (Fsp3) is 0.394. The standard InChI is InChI=1S/C33H37N7O5S/c1-3-45-30-27(10-7-15-35-30)33(36-32(42)39-16-13-25(14-17-39)38-20-18-37(2)19-21-38)28-22-24(23-34)11-12-29(28)40(31(33)41)46(43,44)26-8-5-4-6-9-26/h4-12,15,22,25H,3,13-14,16-21H2,1-2H3,(H,36,42). The molecule has 12 nitrogen and oxygen atoms in total. The van der Waals surface area contributed by atoms with Crippen LogP contribution in [0, 0.1) is 11.3 Å². The Hall–Kier alpha value is -4.51. The number of likely N-dealkylation sites (tertiary alicyclic amines) is 1. The SMILES string of the molecule is CCOc1ncccc1C1(NC(=O)N2CCC(N3CCN(C)CC3)CC2)C(=O)N(S(=O)(=O)c2ccccc2)c2ccc(C#N)cc21. The van der Waals surface area contributed by atoms with Crippen molar-refractivity contribution in [1.29, 1.82) is 5.26 Å². The van der Waals surface area contributed by atoms with Gasteiger partial charge in [-0.1, -0.05) is 18.2 Å². The Morgan fingerprint density at radius 1 is 1.02 bits per heavy atom. The van der Waals surface area contributed by atoms with E-state index >= 15 is 0 Å². The van der Waals surface area contributed by atoms with Gasteiger partial charge in [-0.2, -0.15) is 9.57 Å². The molecule has 3 aliphatic heterocycles. The minimum atomic E-state index is -4.44. The molecule has 3 amide bonds. The van der Waals surface area contributed by atoms with Gasteiger partial charge in [0.2, 0.25) is 5.88 Å². The molecule has 2 aromatic carbocycles. The number of amides is 3. The molecule has 1 unspecified atom stereocenters. The molecule has 3 aromatic rings. The predicted molar refractivity (Wildman–Crippen MR) is 171 cm³/mol. The van der Waals surface area contributed by atoms with Crippen LogP contribution in [0.4, 0.5) is 10.5 Å². The summed E-state index contributed by atoms with van der Waals surface area (Å²) in [5.41, 5.74) is -1.52. The molecular weight excluding hydrogens is 606 g/mol. The van der Waals surface area contributed by atoms with Crippen LogP contribution in [-0.2, 0) is 20.4 Å². The van der Waals surface area contributed by atoms with Gasteiger partial charge in [0, 0.05) is 57.1 Å². The number of nitrogens with zero attached hydrogens (tertiary/aromatic N) is 6. The van der Waals surface area contributed by atoms with Crippen molar-refractivity contribution in [2.75, 3.05) is 57.2 Å². The zero-order valence-electron chi connectivity index (χ0n) is 25.9. The number of likely N-dealkylation sites (N-methyl/N-ethyl adjacent to an activating group) is 1. The third-order valence-corrected chi connectivity index (χ3v) is 10.8. The maximum absolute atomic E-state index is 14.9. The van der Waals surface area contributed by atoms with Crippen LogP contribution in [0.25, 0.3) is 0 Å². The largest absolute Gasteiger partial charge is 0.478 e. The fourth-order valence-electron chi connectivity index (χ4n) is 6.63. The number of piperazine rings is 1. The Morgan fingerprint density at radius 3 is 2.41 bits per heavy atom. The fourth-order valence-corrected chi connectivity index (χ4v) is 8.12. The Kier molecular flexibility index (Phi) is 8.69. The highest BCUT2D eigenvalue weighted by atomic mass is 32.2. The van der Waals surface area contributed by atoms with Crippen molar-refractivity contribution < 1.29 is 22.7 Å². The molecule has 0 aliphatic carbocycles. The molecule has 13 heteroatoms. The van der Waals surface area contributed by atoms with E-state index in [0.29, 0.717) is 19.1 Å². The smallest absolute Gasteiger partial charge is 0.318 e. The minimum absolute atomic E-state index is 0.0354. The molecule has 4 heterocycles. The lowest BCUT2D eigenvalue weighted by atomic mass is 9.83. The first-order valence-corrected chi connectivity index (χ1v) is 16.9. The van der Waals surface area contributed by atoms with Gasteiger partial charge in [0.25, 0.3) is 15.9 Å². The van der Waals surface area contributed by atoms with Crippen LogP contribution in [0.3, 0.4) is 0 Å². The van der Waals surface area contributed by atoms with E-state index in [9.17, 15) is 23.3 Å². The number of sulfonamides is 1. The number of nitriles is 1. The molecule has 0 bridgehead atoms. The number of ether oxygens (including phenoxy) is 1. The number of fused-ring (bicyclic) bond motifs is 1. The second-order valence-electron chi connectivity index (χ2n) is 11.8. The molecule has 46 heavy (non-hydrogen) atoms. The van der Waals surface area contributed by atoms with Crippen molar-refractivity contribution in [3.05, 3.63) is 83.6 Å². The summed E-state index contributed by atoms with van der Waals surface area (Å²) >= 11 is 0. The summed E-state index contributed by atoms with van der Waals surface area (Å²) in [5, 5.41) is 12.8. The summed E-state index contributed by atoms with van der Waals surface area (Å²) in [4.78, 5) is 39.8. The third kappa shape index (κ3) is 5.46. The second-order valence-corrected chi connectivity index (χ2v) is 13.5. The first-order valence-electron chi connectivity index (χ1n) is 15.5. The van der Waals surface area contributed by atoms with E-state index in [2.05, 4.69) is 33.2 Å². The van der Waals surface area contributed by atoms with Gasteiger partial charge in [-0.25, -0.2) is 18.2 Å². The Bertz CT molecular complexity index is 1760. The lowest BCUT2D eigenvalue weighted by Gasteiger charge is -2.42. The Morgan fingerprint density at radius 2 is 1.74 bits per heavy atom. The van der Waals surface area contributed by atoms with Gasteiger partial charge in [-0.05, 0) is 69.3 Å². The van der Waals surface area contributed by atoms with Crippen LogP contribution in [0.5, 0.6) is 5.88 Å². The number of piperidine rings is 1. The van der Waals surface area contributed by atoms with Crippen LogP contribution in [0.15, 0.2) is 71.8 Å². The van der Waals surface area contributed by atoms with Crippen molar-refractivity contribution in [2.45, 2.75) is 36.2 Å². The zero-order valence-corrected chi connectivity index (χ0v) is 26.7. The molecule has 0 saturated carbocycles. The van der Waals surface area contributed by atoms with E-state index in [1.807, 2.05) is 0 Å². The number of rotatable bonds is 7. The number of anilines is 1. The number of aromatic nitrogens is 1. The lowest BCUT2D eigenvalue weighted by Crippen LogP contribution is -2.59. The highest BCUT2D eigenvalue weighted by Crippen LogP contribution is 2.49. The predicted octanol–water partition coefficient (Wildman–Crippen LogP) is 2.75. The van der Waals surface area contributed by atoms with Gasteiger partial charge in [0.1, 0.15) is 0 Å². The van der Waals surface area contributed by atoms with E-state index < -0.39 is 27.5 Å².